The van der Waals surface area contributed by atoms with Crippen molar-refractivity contribution in [2.45, 2.75) is 30.4 Å². The Labute approximate surface area is 113 Å². The molecule has 0 amide bonds. The molecule has 3 N–H and O–H groups in total. The van der Waals surface area contributed by atoms with E-state index in [1.54, 1.807) is 10.6 Å². The maximum Gasteiger partial charge on any atom is 0.343 e. The van der Waals surface area contributed by atoms with Gasteiger partial charge in [0.2, 0.25) is 0 Å². The normalized spacial score (nSPS) is 10.8. The van der Waals surface area contributed by atoms with Gasteiger partial charge >= 0.3 is 5.69 Å². The van der Waals surface area contributed by atoms with Gasteiger partial charge < -0.3 is 5.73 Å². The summed E-state index contributed by atoms with van der Waals surface area (Å²) in [6, 6.07) is 3.60. The molecule has 0 saturated carbocycles. The summed E-state index contributed by atoms with van der Waals surface area (Å²) >= 11 is 7.39. The van der Waals surface area contributed by atoms with Gasteiger partial charge in [0, 0.05) is 11.4 Å². The molecule has 96 valence electrons. The van der Waals surface area contributed by atoms with Crippen LogP contribution in [0.3, 0.4) is 0 Å². The number of nitrogen functional groups attached to an aromatic ring is 1. The van der Waals surface area contributed by atoms with Crippen molar-refractivity contribution in [1.29, 1.82) is 0 Å². The molecule has 1 aromatic carbocycles. The number of nitrogens with two attached hydrogens (primary N) is 1. The fourth-order valence-corrected chi connectivity index (χ4v) is 2.79. The highest BCUT2D eigenvalue weighted by Gasteiger charge is 2.11. The fourth-order valence-electron chi connectivity index (χ4n) is 1.55. The highest BCUT2D eigenvalue weighted by molar-refractivity contribution is 7.99. The first-order valence-electron chi connectivity index (χ1n) is 5.41. The molecular weight excluding hydrogens is 272 g/mol. The minimum absolute atomic E-state index is 0.209. The average Bonchev–Trinajstić information content (AvgIpc) is 2.67. The molecule has 0 bridgehead atoms. The van der Waals surface area contributed by atoms with Crippen molar-refractivity contribution in [1.82, 2.24) is 14.8 Å². The van der Waals surface area contributed by atoms with Gasteiger partial charge in [0.25, 0.3) is 0 Å². The second-order valence-corrected chi connectivity index (χ2v) is 5.21. The Morgan fingerprint density at radius 2 is 2.28 bits per heavy atom. The van der Waals surface area contributed by atoms with Crippen LogP contribution in [-0.4, -0.2) is 14.8 Å². The standard InChI is InChI=1S/C11H13ClN4OS/c1-3-16-10(17)14-15-11(16)18-9-5-7(12)8(13)4-6(9)2/h4-5H,3,13H2,1-2H3,(H,14,17). The third kappa shape index (κ3) is 2.39. The number of aromatic amines is 1. The summed E-state index contributed by atoms with van der Waals surface area (Å²) in [5.41, 5.74) is 7.07. The lowest BCUT2D eigenvalue weighted by atomic mass is 10.2. The Kier molecular flexibility index (Phi) is 3.68. The van der Waals surface area contributed by atoms with Crippen LogP contribution in [0.25, 0.3) is 0 Å². The van der Waals surface area contributed by atoms with E-state index in [2.05, 4.69) is 10.2 Å². The number of hydrogen-bond donors (Lipinski definition) is 2. The number of halogens is 1. The molecule has 0 fully saturated rings. The Hall–Kier alpha value is -1.40. The van der Waals surface area contributed by atoms with Crippen molar-refractivity contribution in [3.8, 4) is 0 Å². The summed E-state index contributed by atoms with van der Waals surface area (Å²) in [4.78, 5) is 12.4. The lowest BCUT2D eigenvalue weighted by Gasteiger charge is -2.08. The van der Waals surface area contributed by atoms with Crippen molar-refractivity contribution in [3.05, 3.63) is 33.2 Å². The third-order valence-corrected chi connectivity index (χ3v) is 4.02. The van der Waals surface area contributed by atoms with Gasteiger partial charge in [-0.15, -0.1) is 5.10 Å². The van der Waals surface area contributed by atoms with Gasteiger partial charge in [0.1, 0.15) is 0 Å². The molecular formula is C11H13ClN4OS. The van der Waals surface area contributed by atoms with E-state index < -0.39 is 0 Å². The number of aromatic nitrogens is 3. The molecule has 0 spiro atoms. The molecule has 7 heteroatoms. The summed E-state index contributed by atoms with van der Waals surface area (Å²) in [6.45, 7) is 4.40. The molecule has 2 rings (SSSR count). The van der Waals surface area contributed by atoms with Crippen LogP contribution in [0.2, 0.25) is 5.02 Å². The molecule has 1 heterocycles. The summed E-state index contributed by atoms with van der Waals surface area (Å²) in [5.74, 6) is 0. The van der Waals surface area contributed by atoms with Crippen molar-refractivity contribution in [2.75, 3.05) is 5.73 Å². The SMILES string of the molecule is CCn1c(Sc2cc(Cl)c(N)cc2C)n[nH]c1=O. The van der Waals surface area contributed by atoms with E-state index >= 15 is 0 Å². The van der Waals surface area contributed by atoms with Gasteiger partial charge in [-0.3, -0.25) is 4.57 Å². The number of hydrogen-bond acceptors (Lipinski definition) is 4. The van der Waals surface area contributed by atoms with Gasteiger partial charge in [-0.2, -0.15) is 0 Å². The highest BCUT2D eigenvalue weighted by Crippen LogP contribution is 2.33. The number of nitrogens with zero attached hydrogens (tertiary/aromatic N) is 2. The van der Waals surface area contributed by atoms with Crippen molar-refractivity contribution in [2.24, 2.45) is 0 Å². The second kappa shape index (κ2) is 5.07. The summed E-state index contributed by atoms with van der Waals surface area (Å²) in [6.07, 6.45) is 0. The van der Waals surface area contributed by atoms with Gasteiger partial charge in [0.05, 0.1) is 10.7 Å². The maximum absolute atomic E-state index is 11.5. The highest BCUT2D eigenvalue weighted by atomic mass is 35.5. The molecule has 1 aromatic heterocycles. The molecule has 5 nitrogen and oxygen atoms in total. The largest absolute Gasteiger partial charge is 0.398 e. The predicted molar refractivity (Wildman–Crippen MR) is 73.2 cm³/mol. The summed E-state index contributed by atoms with van der Waals surface area (Å²) in [5, 5.41) is 7.54. The molecule has 0 unspecified atom stereocenters. The zero-order chi connectivity index (χ0) is 13.3. The monoisotopic (exact) mass is 284 g/mol. The Morgan fingerprint density at radius 3 is 2.94 bits per heavy atom. The Balaban J connectivity index is 2.40. The Bertz CT molecular complexity index is 634. The van der Waals surface area contributed by atoms with E-state index in [9.17, 15) is 4.79 Å². The van der Waals surface area contributed by atoms with Crippen LogP contribution in [0.15, 0.2) is 27.0 Å². The summed E-state index contributed by atoms with van der Waals surface area (Å²) in [7, 11) is 0. The smallest absolute Gasteiger partial charge is 0.343 e. The Morgan fingerprint density at radius 1 is 1.56 bits per heavy atom. The first-order valence-corrected chi connectivity index (χ1v) is 6.61. The number of anilines is 1. The average molecular weight is 285 g/mol. The number of benzene rings is 1. The number of aryl methyl sites for hydroxylation is 1. The van der Waals surface area contributed by atoms with Crippen LogP contribution in [-0.2, 0) is 6.54 Å². The van der Waals surface area contributed by atoms with Crippen molar-refractivity contribution in [3.63, 3.8) is 0 Å². The molecule has 18 heavy (non-hydrogen) atoms. The second-order valence-electron chi connectivity index (χ2n) is 3.80. The van der Waals surface area contributed by atoms with E-state index in [0.717, 1.165) is 10.5 Å². The van der Waals surface area contributed by atoms with Crippen LogP contribution in [0, 0.1) is 6.92 Å². The van der Waals surface area contributed by atoms with Crippen LogP contribution in [0.5, 0.6) is 0 Å². The topological polar surface area (TPSA) is 76.7 Å². The van der Waals surface area contributed by atoms with Crippen LogP contribution < -0.4 is 11.4 Å². The number of H-pyrrole nitrogens is 1. The molecule has 0 aliphatic rings. The molecule has 0 saturated heterocycles. The third-order valence-electron chi connectivity index (χ3n) is 2.53. The van der Waals surface area contributed by atoms with E-state index in [1.165, 1.54) is 11.8 Å². The molecule has 0 radical (unpaired) electrons. The lowest BCUT2D eigenvalue weighted by molar-refractivity contribution is 0.660. The predicted octanol–water partition coefficient (Wildman–Crippen LogP) is 2.29. The van der Waals surface area contributed by atoms with Gasteiger partial charge in [-0.1, -0.05) is 11.6 Å². The van der Waals surface area contributed by atoms with Crippen molar-refractivity contribution < 1.29 is 0 Å². The number of nitrogens with one attached hydrogen (secondary N) is 1. The van der Waals surface area contributed by atoms with Crippen LogP contribution >= 0.6 is 23.4 Å². The lowest BCUT2D eigenvalue weighted by Crippen LogP contribution is -2.16. The quantitative estimate of drug-likeness (QED) is 0.848. The zero-order valence-corrected chi connectivity index (χ0v) is 11.6. The molecule has 0 atom stereocenters. The van der Waals surface area contributed by atoms with E-state index in [0.29, 0.717) is 22.4 Å². The first kappa shape index (κ1) is 13.0. The van der Waals surface area contributed by atoms with Gasteiger partial charge in [-0.25, -0.2) is 9.89 Å². The first-order chi connectivity index (χ1) is 8.52. The molecule has 2 aromatic rings. The summed E-state index contributed by atoms with van der Waals surface area (Å²) < 4.78 is 1.56. The van der Waals surface area contributed by atoms with E-state index in [1.807, 2.05) is 19.9 Å². The van der Waals surface area contributed by atoms with Gasteiger partial charge in [0.15, 0.2) is 5.16 Å². The van der Waals surface area contributed by atoms with E-state index in [4.69, 9.17) is 17.3 Å². The fraction of sp³-hybridized carbons (Fsp3) is 0.273. The minimum atomic E-state index is -0.209. The van der Waals surface area contributed by atoms with Gasteiger partial charge in [-0.05, 0) is 43.3 Å². The molecule has 0 aliphatic heterocycles. The van der Waals surface area contributed by atoms with E-state index in [-0.39, 0.29) is 5.69 Å². The van der Waals surface area contributed by atoms with Crippen LogP contribution in [0.4, 0.5) is 5.69 Å². The molecule has 0 aliphatic carbocycles. The number of rotatable bonds is 3. The van der Waals surface area contributed by atoms with Crippen LogP contribution in [0.1, 0.15) is 12.5 Å². The van der Waals surface area contributed by atoms with Crippen molar-refractivity contribution >= 4 is 29.1 Å². The minimum Gasteiger partial charge on any atom is -0.398 e. The zero-order valence-electron chi connectivity index (χ0n) is 10.0. The maximum atomic E-state index is 11.5.